The number of fused-ring (bicyclic) bond motifs is 1. The molecule has 0 atom stereocenters. The standard InChI is InChI=1S/C13H9F3N2OS2/c14-13(15,16)8-2-1-3-9(6-8)21-11-10(7-19)18-4-5-20-12(18)17-11/h1-6,19H,7H2. The number of nitrogens with zero attached hydrogens (tertiary/aromatic N) is 2. The number of aromatic nitrogens is 2. The summed E-state index contributed by atoms with van der Waals surface area (Å²) in [5.74, 6) is 0. The predicted molar refractivity (Wildman–Crippen MR) is 74.6 cm³/mol. The van der Waals surface area contributed by atoms with Gasteiger partial charge in [-0.2, -0.15) is 13.2 Å². The molecule has 3 aromatic rings. The summed E-state index contributed by atoms with van der Waals surface area (Å²) in [6.07, 6.45) is -2.60. The number of aliphatic hydroxyl groups excluding tert-OH is 1. The Kier molecular flexibility index (Phi) is 3.68. The smallest absolute Gasteiger partial charge is 0.390 e. The summed E-state index contributed by atoms with van der Waals surface area (Å²) >= 11 is 2.52. The summed E-state index contributed by atoms with van der Waals surface area (Å²) in [4.78, 5) is 5.47. The fraction of sp³-hybridized carbons (Fsp3) is 0.154. The van der Waals surface area contributed by atoms with Gasteiger partial charge in [-0.25, -0.2) is 4.98 Å². The van der Waals surface area contributed by atoms with Gasteiger partial charge in [0, 0.05) is 16.5 Å². The molecule has 8 heteroatoms. The van der Waals surface area contributed by atoms with Crippen LogP contribution in [0.5, 0.6) is 0 Å². The molecule has 21 heavy (non-hydrogen) atoms. The van der Waals surface area contributed by atoms with E-state index in [0.717, 1.165) is 23.9 Å². The molecule has 0 spiro atoms. The third-order valence-corrected chi connectivity index (χ3v) is 4.62. The van der Waals surface area contributed by atoms with Gasteiger partial charge in [-0.3, -0.25) is 4.40 Å². The second-order valence-electron chi connectivity index (χ2n) is 4.20. The van der Waals surface area contributed by atoms with Crippen LogP contribution in [0.1, 0.15) is 11.3 Å². The molecule has 110 valence electrons. The van der Waals surface area contributed by atoms with E-state index in [2.05, 4.69) is 4.98 Å². The van der Waals surface area contributed by atoms with Gasteiger partial charge >= 0.3 is 6.18 Å². The first-order valence-corrected chi connectivity index (χ1v) is 7.59. The zero-order valence-corrected chi connectivity index (χ0v) is 12.1. The lowest BCUT2D eigenvalue weighted by Crippen LogP contribution is -2.04. The number of imidazole rings is 1. The van der Waals surface area contributed by atoms with E-state index in [4.69, 9.17) is 0 Å². The Labute approximate surface area is 126 Å². The second kappa shape index (κ2) is 5.36. The summed E-state index contributed by atoms with van der Waals surface area (Å²) < 4.78 is 39.8. The van der Waals surface area contributed by atoms with Gasteiger partial charge in [0.05, 0.1) is 17.9 Å². The Morgan fingerprint density at radius 2 is 2.14 bits per heavy atom. The van der Waals surface area contributed by atoms with E-state index < -0.39 is 11.7 Å². The summed E-state index contributed by atoms with van der Waals surface area (Å²) in [5, 5.41) is 11.8. The topological polar surface area (TPSA) is 37.5 Å². The molecule has 1 aromatic carbocycles. The molecule has 3 rings (SSSR count). The van der Waals surface area contributed by atoms with Gasteiger partial charge in [0.25, 0.3) is 0 Å². The quantitative estimate of drug-likeness (QED) is 0.787. The summed E-state index contributed by atoms with van der Waals surface area (Å²) in [6.45, 7) is -0.223. The number of aliphatic hydroxyl groups is 1. The first-order valence-electron chi connectivity index (χ1n) is 5.89. The largest absolute Gasteiger partial charge is 0.416 e. The number of thiazole rings is 1. The number of hydrogen-bond donors (Lipinski definition) is 1. The minimum Gasteiger partial charge on any atom is -0.390 e. The molecule has 0 bridgehead atoms. The highest BCUT2D eigenvalue weighted by Crippen LogP contribution is 2.35. The Balaban J connectivity index is 1.97. The number of benzene rings is 1. The van der Waals surface area contributed by atoms with E-state index in [1.807, 2.05) is 5.38 Å². The monoisotopic (exact) mass is 330 g/mol. The van der Waals surface area contributed by atoms with Crippen LogP contribution in [0.4, 0.5) is 13.2 Å². The maximum Gasteiger partial charge on any atom is 0.416 e. The van der Waals surface area contributed by atoms with Crippen molar-refractivity contribution >= 4 is 28.1 Å². The predicted octanol–water partition coefficient (Wildman–Crippen LogP) is 4.06. The van der Waals surface area contributed by atoms with Crippen molar-refractivity contribution in [1.82, 2.24) is 9.38 Å². The van der Waals surface area contributed by atoms with Gasteiger partial charge in [0.1, 0.15) is 5.03 Å². The van der Waals surface area contributed by atoms with Crippen LogP contribution in [0.3, 0.4) is 0 Å². The number of alkyl halides is 3. The summed E-state index contributed by atoms with van der Waals surface area (Å²) in [5.41, 5.74) is -0.118. The molecule has 0 aliphatic carbocycles. The average molecular weight is 330 g/mol. The zero-order valence-electron chi connectivity index (χ0n) is 10.5. The molecule has 0 amide bonds. The van der Waals surface area contributed by atoms with Crippen molar-refractivity contribution in [2.45, 2.75) is 22.7 Å². The van der Waals surface area contributed by atoms with E-state index >= 15 is 0 Å². The molecule has 0 radical (unpaired) electrons. The van der Waals surface area contributed by atoms with E-state index in [1.54, 1.807) is 16.7 Å². The highest BCUT2D eigenvalue weighted by molar-refractivity contribution is 7.99. The van der Waals surface area contributed by atoms with Gasteiger partial charge in [-0.05, 0) is 18.2 Å². The lowest BCUT2D eigenvalue weighted by Gasteiger charge is -2.08. The molecule has 1 N–H and O–H groups in total. The highest BCUT2D eigenvalue weighted by Gasteiger charge is 2.30. The molecule has 0 aliphatic rings. The fourth-order valence-electron chi connectivity index (χ4n) is 1.89. The number of halogens is 3. The summed E-state index contributed by atoms with van der Waals surface area (Å²) in [6, 6.07) is 5.07. The molecular formula is C13H9F3N2OS2. The van der Waals surface area contributed by atoms with Crippen LogP contribution >= 0.6 is 23.1 Å². The van der Waals surface area contributed by atoms with Crippen LogP contribution < -0.4 is 0 Å². The minimum atomic E-state index is -4.37. The molecule has 0 saturated heterocycles. The van der Waals surface area contributed by atoms with Crippen LogP contribution in [0, 0.1) is 0 Å². The maximum absolute atomic E-state index is 12.7. The minimum absolute atomic E-state index is 0.223. The van der Waals surface area contributed by atoms with Crippen molar-refractivity contribution < 1.29 is 18.3 Å². The van der Waals surface area contributed by atoms with Crippen molar-refractivity contribution in [1.29, 1.82) is 0 Å². The van der Waals surface area contributed by atoms with Crippen molar-refractivity contribution in [3.05, 3.63) is 47.1 Å². The Morgan fingerprint density at radius 1 is 1.33 bits per heavy atom. The third kappa shape index (κ3) is 2.78. The SMILES string of the molecule is OCc1c(Sc2cccc(C(F)(F)F)c2)nc2sccn12. The van der Waals surface area contributed by atoms with Crippen molar-refractivity contribution in [3.63, 3.8) is 0 Å². The molecule has 0 aliphatic heterocycles. The van der Waals surface area contributed by atoms with Crippen LogP contribution in [0.15, 0.2) is 45.8 Å². The van der Waals surface area contributed by atoms with E-state index in [0.29, 0.717) is 20.6 Å². The second-order valence-corrected chi connectivity index (χ2v) is 6.14. The molecule has 2 aromatic heterocycles. The average Bonchev–Trinajstić information content (AvgIpc) is 2.98. The maximum atomic E-state index is 12.7. The highest BCUT2D eigenvalue weighted by atomic mass is 32.2. The van der Waals surface area contributed by atoms with E-state index in [9.17, 15) is 18.3 Å². The third-order valence-electron chi connectivity index (χ3n) is 2.85. The molecule has 0 unspecified atom stereocenters. The van der Waals surface area contributed by atoms with E-state index in [1.165, 1.54) is 17.4 Å². The normalized spacial score (nSPS) is 12.2. The lowest BCUT2D eigenvalue weighted by atomic mass is 10.2. The molecule has 0 fully saturated rings. The van der Waals surface area contributed by atoms with Crippen molar-refractivity contribution in [2.24, 2.45) is 0 Å². The lowest BCUT2D eigenvalue weighted by molar-refractivity contribution is -0.137. The van der Waals surface area contributed by atoms with Crippen molar-refractivity contribution in [2.75, 3.05) is 0 Å². The number of rotatable bonds is 3. The molecule has 3 nitrogen and oxygen atoms in total. The van der Waals surface area contributed by atoms with Gasteiger partial charge in [0.15, 0.2) is 4.96 Å². The Hall–Kier alpha value is -1.51. The van der Waals surface area contributed by atoms with Crippen LogP contribution in [0.25, 0.3) is 4.96 Å². The molecule has 2 heterocycles. The van der Waals surface area contributed by atoms with Crippen LogP contribution in [-0.4, -0.2) is 14.5 Å². The number of hydrogen-bond acceptors (Lipinski definition) is 4. The van der Waals surface area contributed by atoms with Gasteiger partial charge in [-0.1, -0.05) is 17.8 Å². The Morgan fingerprint density at radius 3 is 2.86 bits per heavy atom. The Bertz CT molecular complexity index is 779. The van der Waals surface area contributed by atoms with Gasteiger partial charge in [-0.15, -0.1) is 11.3 Å². The fourth-order valence-corrected chi connectivity index (χ4v) is 3.65. The zero-order chi connectivity index (χ0) is 15.0. The molecule has 0 saturated carbocycles. The first kappa shape index (κ1) is 14.4. The summed E-state index contributed by atoms with van der Waals surface area (Å²) in [7, 11) is 0. The molecular weight excluding hydrogens is 321 g/mol. The van der Waals surface area contributed by atoms with Crippen LogP contribution in [0.2, 0.25) is 0 Å². The first-order chi connectivity index (χ1) is 9.99. The van der Waals surface area contributed by atoms with Gasteiger partial charge in [0.2, 0.25) is 0 Å². The van der Waals surface area contributed by atoms with E-state index in [-0.39, 0.29) is 6.61 Å². The van der Waals surface area contributed by atoms with Gasteiger partial charge < -0.3 is 5.11 Å². The van der Waals surface area contributed by atoms with Crippen LogP contribution in [-0.2, 0) is 12.8 Å². The van der Waals surface area contributed by atoms with Crippen molar-refractivity contribution in [3.8, 4) is 0 Å².